The van der Waals surface area contributed by atoms with Gasteiger partial charge >= 0.3 is 0 Å². The minimum absolute atomic E-state index is 0.0382. The molecule has 0 fully saturated rings. The molecule has 2 aromatic rings. The zero-order valence-corrected chi connectivity index (χ0v) is 13.0. The van der Waals surface area contributed by atoms with Crippen molar-refractivity contribution in [1.29, 1.82) is 0 Å². The van der Waals surface area contributed by atoms with E-state index in [9.17, 15) is 4.79 Å². The summed E-state index contributed by atoms with van der Waals surface area (Å²) < 4.78 is 0.917. The molecule has 1 N–H and O–H groups in total. The Morgan fingerprint density at radius 2 is 2.37 bits per heavy atom. The molecule has 102 valence electrons. The van der Waals surface area contributed by atoms with Crippen LogP contribution in [0, 0.1) is 0 Å². The molecule has 0 unspecified atom stereocenters. The summed E-state index contributed by atoms with van der Waals surface area (Å²) in [6.07, 6.45) is 2.75. The molecule has 2 heterocycles. The number of anilines is 1. The Hall–Kier alpha value is -0.920. The number of rotatable bonds is 7. The number of nitrogens with zero attached hydrogens (tertiary/aromatic N) is 2. The monoisotopic (exact) mass is 313 g/mol. The Labute approximate surface area is 124 Å². The van der Waals surface area contributed by atoms with Crippen LogP contribution in [-0.4, -0.2) is 21.9 Å². The number of thiophene rings is 1. The first kappa shape index (κ1) is 14.5. The van der Waals surface area contributed by atoms with Crippen LogP contribution < -0.4 is 5.32 Å². The molecule has 1 amide bonds. The average Bonchev–Trinajstić information content (AvgIpc) is 3.02. The molecule has 4 nitrogen and oxygen atoms in total. The fraction of sp³-hybridized carbons (Fsp3) is 0.417. The smallest absolute Gasteiger partial charge is 0.231 e. The van der Waals surface area contributed by atoms with E-state index >= 15 is 0 Å². The summed E-state index contributed by atoms with van der Waals surface area (Å²) >= 11 is 4.71. The van der Waals surface area contributed by atoms with Crippen LogP contribution in [0.15, 0.2) is 21.9 Å². The number of hydrogen-bond donors (Lipinski definition) is 1. The van der Waals surface area contributed by atoms with Gasteiger partial charge in [0.05, 0.1) is 6.42 Å². The molecule has 0 spiro atoms. The normalized spacial score (nSPS) is 10.6. The van der Waals surface area contributed by atoms with Gasteiger partial charge in [0.2, 0.25) is 11.0 Å². The molecule has 2 aromatic heterocycles. The SMILES string of the molecule is CCCCSc1nnc(NC(=O)Cc2cccs2)s1. The number of nitrogens with one attached hydrogen (secondary N) is 1. The van der Waals surface area contributed by atoms with Crippen molar-refractivity contribution in [2.45, 2.75) is 30.5 Å². The van der Waals surface area contributed by atoms with Gasteiger partial charge in [-0.25, -0.2) is 0 Å². The molecule has 7 heteroatoms. The van der Waals surface area contributed by atoms with Crippen molar-refractivity contribution in [1.82, 2.24) is 10.2 Å². The third kappa shape index (κ3) is 4.93. The van der Waals surface area contributed by atoms with Crippen LogP contribution in [0.2, 0.25) is 0 Å². The molecule has 2 rings (SSSR count). The molecule has 0 saturated heterocycles. The van der Waals surface area contributed by atoms with E-state index in [0.717, 1.165) is 15.0 Å². The zero-order valence-electron chi connectivity index (χ0n) is 10.6. The lowest BCUT2D eigenvalue weighted by atomic mass is 10.3. The third-order valence-corrected chi connectivity index (χ3v) is 5.23. The Balaban J connectivity index is 1.80. The summed E-state index contributed by atoms with van der Waals surface area (Å²) in [6.45, 7) is 2.16. The first-order valence-corrected chi connectivity index (χ1v) is 8.74. The van der Waals surface area contributed by atoms with Gasteiger partial charge in [0.25, 0.3) is 0 Å². The number of carbonyl (C=O) groups excluding carboxylic acids is 1. The van der Waals surface area contributed by atoms with Crippen LogP contribution in [0.4, 0.5) is 5.13 Å². The highest BCUT2D eigenvalue weighted by Gasteiger charge is 2.09. The van der Waals surface area contributed by atoms with Crippen LogP contribution in [0.5, 0.6) is 0 Å². The van der Waals surface area contributed by atoms with Crippen molar-refractivity contribution in [3.63, 3.8) is 0 Å². The minimum Gasteiger partial charge on any atom is -0.300 e. The van der Waals surface area contributed by atoms with Crippen LogP contribution in [0.1, 0.15) is 24.6 Å². The molecule has 0 aliphatic heterocycles. The van der Waals surface area contributed by atoms with E-state index in [1.807, 2.05) is 17.5 Å². The fourth-order valence-electron chi connectivity index (χ4n) is 1.36. The van der Waals surface area contributed by atoms with E-state index in [4.69, 9.17) is 0 Å². The van der Waals surface area contributed by atoms with Crippen molar-refractivity contribution in [2.75, 3.05) is 11.1 Å². The lowest BCUT2D eigenvalue weighted by Gasteiger charge is -1.98. The Bertz CT molecular complexity index is 510. The molecule has 19 heavy (non-hydrogen) atoms. The number of unbranched alkanes of at least 4 members (excludes halogenated alkanes) is 1. The van der Waals surface area contributed by atoms with Crippen LogP contribution in [-0.2, 0) is 11.2 Å². The standard InChI is InChI=1S/C12H15N3OS3/c1-2-3-6-18-12-15-14-11(19-12)13-10(16)8-9-5-4-7-17-9/h4-5,7H,2-3,6,8H2,1H3,(H,13,14,16). The number of thioether (sulfide) groups is 1. The molecule has 0 aliphatic rings. The van der Waals surface area contributed by atoms with Gasteiger partial charge in [-0.15, -0.1) is 21.5 Å². The number of carbonyl (C=O) groups is 1. The Kier molecular flexibility index (Phi) is 5.81. The van der Waals surface area contributed by atoms with Gasteiger partial charge in [-0.1, -0.05) is 42.5 Å². The van der Waals surface area contributed by atoms with Gasteiger partial charge in [-0.2, -0.15) is 0 Å². The minimum atomic E-state index is -0.0382. The predicted octanol–water partition coefficient (Wildman–Crippen LogP) is 3.67. The second-order valence-electron chi connectivity index (χ2n) is 3.88. The van der Waals surface area contributed by atoms with Crippen LogP contribution in [0.25, 0.3) is 0 Å². The van der Waals surface area contributed by atoms with Crippen molar-refractivity contribution in [3.8, 4) is 0 Å². The lowest BCUT2D eigenvalue weighted by molar-refractivity contribution is -0.115. The van der Waals surface area contributed by atoms with Crippen molar-refractivity contribution >= 4 is 45.5 Å². The molecule has 0 aliphatic carbocycles. The number of aromatic nitrogens is 2. The summed E-state index contributed by atoms with van der Waals surface area (Å²) in [5.74, 6) is 1.01. The highest BCUT2D eigenvalue weighted by Crippen LogP contribution is 2.26. The fourth-order valence-corrected chi connectivity index (χ4v) is 3.98. The second kappa shape index (κ2) is 7.62. The number of hydrogen-bond acceptors (Lipinski definition) is 6. The quantitative estimate of drug-likeness (QED) is 0.481. The van der Waals surface area contributed by atoms with Gasteiger partial charge in [0, 0.05) is 10.6 Å². The topological polar surface area (TPSA) is 54.9 Å². The lowest BCUT2D eigenvalue weighted by Crippen LogP contribution is -2.13. The van der Waals surface area contributed by atoms with Crippen LogP contribution >= 0.6 is 34.4 Å². The second-order valence-corrected chi connectivity index (χ2v) is 7.23. The van der Waals surface area contributed by atoms with E-state index in [1.54, 1.807) is 23.1 Å². The van der Waals surface area contributed by atoms with E-state index in [1.165, 1.54) is 24.2 Å². The molecular weight excluding hydrogens is 298 g/mol. The van der Waals surface area contributed by atoms with E-state index in [2.05, 4.69) is 22.4 Å². The summed E-state index contributed by atoms with van der Waals surface area (Å²) in [4.78, 5) is 12.8. The first-order valence-electron chi connectivity index (χ1n) is 6.06. The Morgan fingerprint density at radius 3 is 3.11 bits per heavy atom. The van der Waals surface area contributed by atoms with Gasteiger partial charge in [-0.3, -0.25) is 4.79 Å². The maximum absolute atomic E-state index is 11.8. The number of amides is 1. The van der Waals surface area contributed by atoms with Gasteiger partial charge in [0.1, 0.15) is 0 Å². The van der Waals surface area contributed by atoms with Crippen molar-refractivity contribution < 1.29 is 4.79 Å². The largest absolute Gasteiger partial charge is 0.300 e. The average molecular weight is 313 g/mol. The summed E-state index contributed by atoms with van der Waals surface area (Å²) in [7, 11) is 0. The maximum atomic E-state index is 11.8. The molecule has 0 saturated carbocycles. The van der Waals surface area contributed by atoms with Gasteiger partial charge < -0.3 is 5.32 Å². The highest BCUT2D eigenvalue weighted by molar-refractivity contribution is 8.01. The third-order valence-electron chi connectivity index (χ3n) is 2.29. The Morgan fingerprint density at radius 1 is 1.47 bits per heavy atom. The summed E-state index contributed by atoms with van der Waals surface area (Å²) in [6, 6.07) is 3.90. The predicted molar refractivity (Wildman–Crippen MR) is 82.2 cm³/mol. The summed E-state index contributed by atoms with van der Waals surface area (Å²) in [5, 5.41) is 13.4. The van der Waals surface area contributed by atoms with Gasteiger partial charge in [-0.05, 0) is 17.9 Å². The van der Waals surface area contributed by atoms with Crippen LogP contribution in [0.3, 0.4) is 0 Å². The molecular formula is C12H15N3OS3. The van der Waals surface area contributed by atoms with Crippen molar-refractivity contribution in [2.24, 2.45) is 0 Å². The molecule has 0 atom stereocenters. The summed E-state index contributed by atoms with van der Waals surface area (Å²) in [5.41, 5.74) is 0. The van der Waals surface area contributed by atoms with Gasteiger partial charge in [0.15, 0.2) is 4.34 Å². The molecule has 0 radical (unpaired) electrons. The molecule has 0 bridgehead atoms. The zero-order chi connectivity index (χ0) is 13.5. The van der Waals surface area contributed by atoms with E-state index < -0.39 is 0 Å². The molecule has 0 aromatic carbocycles. The first-order chi connectivity index (χ1) is 9.28. The van der Waals surface area contributed by atoms with E-state index in [0.29, 0.717) is 11.6 Å². The highest BCUT2D eigenvalue weighted by atomic mass is 32.2. The maximum Gasteiger partial charge on any atom is 0.231 e. The van der Waals surface area contributed by atoms with E-state index in [-0.39, 0.29) is 5.91 Å². The van der Waals surface area contributed by atoms with Crippen molar-refractivity contribution in [3.05, 3.63) is 22.4 Å².